The maximum absolute atomic E-state index is 13.4. The average Bonchev–Trinajstić information content (AvgIpc) is 1.95. The van der Waals surface area contributed by atoms with Crippen LogP contribution in [0.1, 0.15) is 27.2 Å². The van der Waals surface area contributed by atoms with Crippen molar-refractivity contribution >= 4 is 0 Å². The quantitative estimate of drug-likeness (QED) is 0.741. The second-order valence-electron chi connectivity index (χ2n) is 5.44. The first-order valence-electron chi connectivity index (χ1n) is 5.37. The van der Waals surface area contributed by atoms with Crippen molar-refractivity contribution in [3.8, 4) is 0 Å². The molecule has 0 aliphatic carbocycles. The van der Waals surface area contributed by atoms with Gasteiger partial charge in [0, 0.05) is 19.5 Å². The Kier molecular flexibility index (Phi) is 5.67. The van der Waals surface area contributed by atoms with Gasteiger partial charge in [-0.3, -0.25) is 0 Å². The Labute approximate surface area is 92.0 Å². The molecule has 0 aromatic carbocycles. The van der Waals surface area contributed by atoms with Crippen LogP contribution in [-0.2, 0) is 0 Å². The zero-order chi connectivity index (χ0) is 12.1. The molecule has 15 heavy (non-hydrogen) atoms. The smallest absolute Gasteiger partial charge is 0.261 e. The molecule has 92 valence electrons. The van der Waals surface area contributed by atoms with E-state index in [9.17, 15) is 8.78 Å². The number of hydrogen-bond acceptors (Lipinski definition) is 2. The lowest BCUT2D eigenvalue weighted by Gasteiger charge is -2.29. The predicted octanol–water partition coefficient (Wildman–Crippen LogP) is 2.21. The van der Waals surface area contributed by atoms with E-state index in [4.69, 9.17) is 0 Å². The second-order valence-corrected chi connectivity index (χ2v) is 5.44. The van der Waals surface area contributed by atoms with Gasteiger partial charge in [0.05, 0.1) is 6.54 Å². The van der Waals surface area contributed by atoms with E-state index in [0.29, 0.717) is 13.1 Å². The average molecular weight is 222 g/mol. The summed E-state index contributed by atoms with van der Waals surface area (Å²) in [5.74, 6) is -2.59. The van der Waals surface area contributed by atoms with Gasteiger partial charge < -0.3 is 10.2 Å². The van der Waals surface area contributed by atoms with Crippen LogP contribution < -0.4 is 5.32 Å². The fourth-order valence-electron chi connectivity index (χ4n) is 1.65. The van der Waals surface area contributed by atoms with Crippen LogP contribution in [0.4, 0.5) is 8.78 Å². The Hall–Kier alpha value is -0.220. The van der Waals surface area contributed by atoms with E-state index in [1.807, 2.05) is 0 Å². The van der Waals surface area contributed by atoms with Crippen LogP contribution in [0.25, 0.3) is 0 Å². The summed E-state index contributed by atoms with van der Waals surface area (Å²) in [4.78, 5) is 1.70. The SMILES string of the molecule is CNCCC(F)(F)CN(C)CC(C)(C)C. The Morgan fingerprint density at radius 3 is 2.07 bits per heavy atom. The van der Waals surface area contributed by atoms with Gasteiger partial charge in [-0.05, 0) is 19.5 Å². The molecular formula is C11H24F2N2. The molecule has 2 nitrogen and oxygen atoms in total. The van der Waals surface area contributed by atoms with Gasteiger partial charge in [0.2, 0.25) is 0 Å². The lowest BCUT2D eigenvalue weighted by atomic mass is 9.96. The molecule has 0 fully saturated rings. The van der Waals surface area contributed by atoms with Crippen LogP contribution in [0, 0.1) is 5.41 Å². The van der Waals surface area contributed by atoms with Gasteiger partial charge in [-0.15, -0.1) is 0 Å². The van der Waals surface area contributed by atoms with E-state index < -0.39 is 5.92 Å². The fraction of sp³-hybridized carbons (Fsp3) is 1.00. The van der Waals surface area contributed by atoms with E-state index in [1.54, 1.807) is 19.0 Å². The number of alkyl halides is 2. The zero-order valence-corrected chi connectivity index (χ0v) is 10.5. The Morgan fingerprint density at radius 2 is 1.67 bits per heavy atom. The van der Waals surface area contributed by atoms with Crippen molar-refractivity contribution in [1.82, 2.24) is 10.2 Å². The minimum atomic E-state index is -2.59. The van der Waals surface area contributed by atoms with Crippen molar-refractivity contribution < 1.29 is 8.78 Å². The van der Waals surface area contributed by atoms with Gasteiger partial charge >= 0.3 is 0 Å². The summed E-state index contributed by atoms with van der Waals surface area (Å²) in [6, 6.07) is 0. The summed E-state index contributed by atoms with van der Waals surface area (Å²) in [5, 5.41) is 2.75. The highest BCUT2D eigenvalue weighted by Gasteiger charge is 2.30. The van der Waals surface area contributed by atoms with Crippen molar-refractivity contribution in [1.29, 1.82) is 0 Å². The molecule has 1 N–H and O–H groups in total. The highest BCUT2D eigenvalue weighted by atomic mass is 19.3. The largest absolute Gasteiger partial charge is 0.320 e. The van der Waals surface area contributed by atoms with Gasteiger partial charge in [-0.2, -0.15) is 0 Å². The maximum atomic E-state index is 13.4. The normalized spacial score (nSPS) is 13.6. The molecule has 4 heteroatoms. The van der Waals surface area contributed by atoms with Crippen molar-refractivity contribution in [2.24, 2.45) is 5.41 Å². The first-order valence-corrected chi connectivity index (χ1v) is 5.37. The van der Waals surface area contributed by atoms with Crippen LogP contribution >= 0.6 is 0 Å². The third kappa shape index (κ3) is 8.75. The van der Waals surface area contributed by atoms with Crippen molar-refractivity contribution in [3.05, 3.63) is 0 Å². The highest BCUT2D eigenvalue weighted by molar-refractivity contribution is 4.74. The Balaban J connectivity index is 3.98. The van der Waals surface area contributed by atoms with Crippen molar-refractivity contribution in [2.75, 3.05) is 33.7 Å². The van der Waals surface area contributed by atoms with Crippen LogP contribution in [0.2, 0.25) is 0 Å². The molecule has 0 saturated heterocycles. The maximum Gasteiger partial charge on any atom is 0.261 e. The topological polar surface area (TPSA) is 15.3 Å². The molecule has 0 amide bonds. The Morgan fingerprint density at radius 1 is 1.13 bits per heavy atom. The van der Waals surface area contributed by atoms with Crippen LogP contribution in [0.15, 0.2) is 0 Å². The zero-order valence-electron chi connectivity index (χ0n) is 10.5. The van der Waals surface area contributed by atoms with E-state index in [-0.39, 0.29) is 18.4 Å². The van der Waals surface area contributed by atoms with Crippen molar-refractivity contribution in [3.63, 3.8) is 0 Å². The molecule has 0 saturated carbocycles. The molecule has 0 aromatic heterocycles. The van der Waals surface area contributed by atoms with Gasteiger partial charge in [0.1, 0.15) is 0 Å². The predicted molar refractivity (Wildman–Crippen MR) is 60.4 cm³/mol. The summed E-state index contributed by atoms with van der Waals surface area (Å²) in [5.41, 5.74) is 0.0633. The Bertz CT molecular complexity index is 176. The summed E-state index contributed by atoms with van der Waals surface area (Å²) >= 11 is 0. The lowest BCUT2D eigenvalue weighted by Crippen LogP contribution is -2.40. The van der Waals surface area contributed by atoms with Gasteiger partial charge in [-0.1, -0.05) is 20.8 Å². The molecule has 0 spiro atoms. The van der Waals surface area contributed by atoms with Gasteiger partial charge in [0.15, 0.2) is 0 Å². The standard InChI is InChI=1S/C11H24F2N2/c1-10(2,3)8-15(5)9-11(12,13)6-7-14-4/h14H,6-9H2,1-5H3. The molecule has 0 aliphatic heterocycles. The first kappa shape index (κ1) is 14.8. The van der Waals surface area contributed by atoms with E-state index in [1.165, 1.54) is 0 Å². The number of nitrogens with zero attached hydrogens (tertiary/aromatic N) is 1. The fourth-order valence-corrected chi connectivity index (χ4v) is 1.65. The molecular weight excluding hydrogens is 198 g/mol. The summed E-state index contributed by atoms with van der Waals surface area (Å²) < 4.78 is 26.7. The van der Waals surface area contributed by atoms with Crippen LogP contribution in [-0.4, -0.2) is 44.6 Å². The van der Waals surface area contributed by atoms with Crippen LogP contribution in [0.3, 0.4) is 0 Å². The number of hydrogen-bond donors (Lipinski definition) is 1. The summed E-state index contributed by atoms with van der Waals surface area (Å²) in [6.07, 6.45) is -0.0992. The van der Waals surface area contributed by atoms with Crippen LogP contribution in [0.5, 0.6) is 0 Å². The molecule has 0 atom stereocenters. The van der Waals surface area contributed by atoms with E-state index >= 15 is 0 Å². The number of halogens is 2. The summed E-state index contributed by atoms with van der Waals surface area (Å²) in [6.45, 7) is 7.03. The lowest BCUT2D eigenvalue weighted by molar-refractivity contribution is -0.0376. The molecule has 0 heterocycles. The molecule has 0 unspecified atom stereocenters. The highest BCUT2D eigenvalue weighted by Crippen LogP contribution is 2.21. The molecule has 0 aromatic rings. The third-order valence-electron chi connectivity index (χ3n) is 1.99. The number of nitrogens with one attached hydrogen (secondary N) is 1. The van der Waals surface area contributed by atoms with E-state index in [0.717, 1.165) is 0 Å². The minimum absolute atomic E-state index is 0.0633. The third-order valence-corrected chi connectivity index (χ3v) is 1.99. The summed E-state index contributed by atoms with van der Waals surface area (Å²) in [7, 11) is 3.44. The molecule has 0 aliphatic rings. The van der Waals surface area contributed by atoms with E-state index in [2.05, 4.69) is 26.1 Å². The number of rotatable bonds is 6. The molecule has 0 bridgehead atoms. The van der Waals surface area contributed by atoms with Crippen molar-refractivity contribution in [2.45, 2.75) is 33.1 Å². The molecule has 0 radical (unpaired) electrons. The first-order chi connectivity index (χ1) is 6.66. The molecule has 0 rings (SSSR count). The van der Waals surface area contributed by atoms with Gasteiger partial charge in [0.25, 0.3) is 5.92 Å². The monoisotopic (exact) mass is 222 g/mol. The van der Waals surface area contributed by atoms with Gasteiger partial charge in [-0.25, -0.2) is 8.78 Å². The minimum Gasteiger partial charge on any atom is -0.320 e. The second kappa shape index (κ2) is 5.75.